The quantitative estimate of drug-likeness (QED) is 0.231. The maximum atomic E-state index is 12.8. The van der Waals surface area contributed by atoms with Crippen LogP contribution in [0.25, 0.3) is 0 Å². The van der Waals surface area contributed by atoms with E-state index < -0.39 is 28.7 Å². The highest BCUT2D eigenvalue weighted by atomic mass is 32.2. The fraction of sp³-hybridized carbons (Fsp3) is 0.211. The van der Waals surface area contributed by atoms with Crippen molar-refractivity contribution in [1.29, 1.82) is 0 Å². The molecule has 1 aliphatic heterocycles. The number of imide groups is 1. The molecule has 9 heteroatoms. The van der Waals surface area contributed by atoms with Gasteiger partial charge >= 0.3 is 5.97 Å². The molecule has 0 saturated heterocycles. The Hall–Kier alpha value is -3.20. The number of non-ortho nitro benzene ring substituents is 1. The summed E-state index contributed by atoms with van der Waals surface area (Å²) in [4.78, 5) is 49.4. The number of amides is 2. The third-order valence-corrected chi connectivity index (χ3v) is 4.90. The second-order valence-corrected chi connectivity index (χ2v) is 6.98. The van der Waals surface area contributed by atoms with Crippen LogP contribution in [0.1, 0.15) is 27.1 Å². The molecule has 28 heavy (non-hydrogen) atoms. The van der Waals surface area contributed by atoms with Gasteiger partial charge in [0.1, 0.15) is 11.8 Å². The highest BCUT2D eigenvalue weighted by molar-refractivity contribution is 7.98. The van der Waals surface area contributed by atoms with Crippen molar-refractivity contribution < 1.29 is 24.0 Å². The number of hydrogen-bond donors (Lipinski definition) is 0. The van der Waals surface area contributed by atoms with E-state index in [4.69, 9.17) is 4.74 Å². The summed E-state index contributed by atoms with van der Waals surface area (Å²) in [6.07, 6.45) is 2.05. The molecule has 1 aliphatic rings. The molecule has 0 radical (unpaired) electrons. The zero-order valence-corrected chi connectivity index (χ0v) is 15.7. The zero-order chi connectivity index (χ0) is 20.3. The van der Waals surface area contributed by atoms with Gasteiger partial charge in [-0.1, -0.05) is 18.2 Å². The minimum Gasteiger partial charge on any atom is -0.425 e. The number of rotatable bonds is 7. The van der Waals surface area contributed by atoms with Crippen LogP contribution in [0.2, 0.25) is 0 Å². The van der Waals surface area contributed by atoms with Crippen molar-refractivity contribution in [3.63, 3.8) is 0 Å². The minimum atomic E-state index is -1.13. The SMILES string of the molecule is CSCC[C@H](C(=O)Oc1cccc([N+](=O)[O-])c1)N1C(=O)c2ccccc2C1=O. The van der Waals surface area contributed by atoms with Gasteiger partial charge in [0.05, 0.1) is 22.1 Å². The van der Waals surface area contributed by atoms with Gasteiger partial charge < -0.3 is 4.74 Å². The third kappa shape index (κ3) is 3.74. The summed E-state index contributed by atoms with van der Waals surface area (Å²) in [6.45, 7) is 0. The molecule has 144 valence electrons. The number of nitrogens with zero attached hydrogens (tertiary/aromatic N) is 2. The van der Waals surface area contributed by atoms with Crippen molar-refractivity contribution in [2.24, 2.45) is 0 Å². The number of ether oxygens (including phenoxy) is 1. The second kappa shape index (κ2) is 8.22. The van der Waals surface area contributed by atoms with E-state index in [1.54, 1.807) is 12.1 Å². The summed E-state index contributed by atoms with van der Waals surface area (Å²) in [7, 11) is 0. The molecule has 1 heterocycles. The molecule has 0 aliphatic carbocycles. The number of benzene rings is 2. The molecule has 2 aromatic carbocycles. The van der Waals surface area contributed by atoms with Crippen molar-refractivity contribution in [3.8, 4) is 5.75 Å². The van der Waals surface area contributed by atoms with E-state index in [1.165, 1.54) is 42.1 Å². The molecule has 3 rings (SSSR count). The van der Waals surface area contributed by atoms with Gasteiger partial charge in [-0.3, -0.25) is 24.6 Å². The molecule has 2 amide bonds. The summed E-state index contributed by atoms with van der Waals surface area (Å²) in [5.41, 5.74) is 0.251. The molecule has 0 bridgehead atoms. The Morgan fingerprint density at radius 3 is 2.36 bits per heavy atom. The molecule has 1 atom stereocenters. The standard InChI is InChI=1S/C19H16N2O6S/c1-28-10-9-16(19(24)27-13-6-4-5-12(11-13)21(25)26)20-17(22)14-7-2-3-8-15(14)18(20)23/h2-8,11,16H,9-10H2,1H3/t16-/m1/s1. The largest absolute Gasteiger partial charge is 0.425 e. The van der Waals surface area contributed by atoms with E-state index >= 15 is 0 Å². The summed E-state index contributed by atoms with van der Waals surface area (Å²) in [5, 5.41) is 10.9. The van der Waals surface area contributed by atoms with E-state index in [2.05, 4.69) is 0 Å². The summed E-state index contributed by atoms with van der Waals surface area (Å²) in [6, 6.07) is 10.4. The third-order valence-electron chi connectivity index (χ3n) is 4.25. The van der Waals surface area contributed by atoms with Crippen LogP contribution in [0.15, 0.2) is 48.5 Å². The maximum Gasteiger partial charge on any atom is 0.334 e. The first-order chi connectivity index (χ1) is 13.4. The Labute approximate surface area is 164 Å². The van der Waals surface area contributed by atoms with Gasteiger partial charge in [0, 0.05) is 6.07 Å². The predicted molar refractivity (Wildman–Crippen MR) is 102 cm³/mol. The summed E-state index contributed by atoms with van der Waals surface area (Å²) >= 11 is 1.46. The van der Waals surface area contributed by atoms with E-state index in [9.17, 15) is 24.5 Å². The molecule has 2 aromatic rings. The molecule has 8 nitrogen and oxygen atoms in total. The van der Waals surface area contributed by atoms with Gasteiger partial charge in [0.2, 0.25) is 0 Å². The van der Waals surface area contributed by atoms with Crippen LogP contribution in [-0.2, 0) is 4.79 Å². The summed E-state index contributed by atoms with van der Waals surface area (Å²) in [5.74, 6) is -1.43. The molecular formula is C19H16N2O6S. The van der Waals surface area contributed by atoms with Gasteiger partial charge in [-0.05, 0) is 36.6 Å². The Morgan fingerprint density at radius 1 is 1.14 bits per heavy atom. The fourth-order valence-corrected chi connectivity index (χ4v) is 3.38. The lowest BCUT2D eigenvalue weighted by molar-refractivity contribution is -0.384. The van der Waals surface area contributed by atoms with Crippen molar-refractivity contribution >= 4 is 35.2 Å². The van der Waals surface area contributed by atoms with Crippen molar-refractivity contribution in [2.45, 2.75) is 12.5 Å². The smallest absolute Gasteiger partial charge is 0.334 e. The molecular weight excluding hydrogens is 384 g/mol. The van der Waals surface area contributed by atoms with Gasteiger partial charge in [0.15, 0.2) is 0 Å². The zero-order valence-electron chi connectivity index (χ0n) is 14.9. The highest BCUT2D eigenvalue weighted by Crippen LogP contribution is 2.27. The normalized spacial score (nSPS) is 14.0. The lowest BCUT2D eigenvalue weighted by Gasteiger charge is -2.24. The van der Waals surface area contributed by atoms with Crippen LogP contribution in [0.5, 0.6) is 5.75 Å². The van der Waals surface area contributed by atoms with Gasteiger partial charge in [-0.25, -0.2) is 4.79 Å². The van der Waals surface area contributed by atoms with Crippen LogP contribution >= 0.6 is 11.8 Å². The lowest BCUT2D eigenvalue weighted by Crippen LogP contribution is -2.47. The van der Waals surface area contributed by atoms with Crippen molar-refractivity contribution in [2.75, 3.05) is 12.0 Å². The molecule has 0 saturated carbocycles. The molecule has 0 aromatic heterocycles. The van der Waals surface area contributed by atoms with E-state index in [-0.39, 0.29) is 29.0 Å². The maximum absolute atomic E-state index is 12.8. The van der Waals surface area contributed by atoms with Crippen molar-refractivity contribution in [1.82, 2.24) is 4.90 Å². The fourth-order valence-electron chi connectivity index (χ4n) is 2.92. The van der Waals surface area contributed by atoms with Gasteiger partial charge in [-0.2, -0.15) is 11.8 Å². The van der Waals surface area contributed by atoms with Crippen LogP contribution in [-0.4, -0.2) is 45.7 Å². The molecule has 0 spiro atoms. The topological polar surface area (TPSA) is 107 Å². The predicted octanol–water partition coefficient (Wildman–Crippen LogP) is 2.92. The first-order valence-corrected chi connectivity index (χ1v) is 9.75. The molecule has 0 fully saturated rings. The lowest BCUT2D eigenvalue weighted by atomic mass is 10.1. The Kier molecular flexibility index (Phi) is 5.74. The number of carbonyl (C=O) groups is 3. The Bertz CT molecular complexity index is 926. The number of nitro groups is 1. The average molecular weight is 400 g/mol. The number of thioether (sulfide) groups is 1. The second-order valence-electron chi connectivity index (χ2n) is 6.00. The summed E-state index contributed by atoms with van der Waals surface area (Å²) < 4.78 is 5.27. The van der Waals surface area contributed by atoms with Crippen LogP contribution in [0.3, 0.4) is 0 Å². The van der Waals surface area contributed by atoms with E-state index in [0.29, 0.717) is 5.75 Å². The Balaban J connectivity index is 1.87. The van der Waals surface area contributed by atoms with E-state index in [0.717, 1.165) is 11.0 Å². The number of carbonyl (C=O) groups excluding carboxylic acids is 3. The first-order valence-electron chi connectivity index (χ1n) is 8.36. The number of fused-ring (bicyclic) bond motifs is 1. The minimum absolute atomic E-state index is 0.0232. The monoisotopic (exact) mass is 400 g/mol. The van der Waals surface area contributed by atoms with Crippen molar-refractivity contribution in [3.05, 3.63) is 69.8 Å². The number of hydrogen-bond acceptors (Lipinski definition) is 7. The Morgan fingerprint density at radius 2 is 1.79 bits per heavy atom. The van der Waals surface area contributed by atoms with E-state index in [1.807, 2.05) is 6.26 Å². The number of nitro benzene ring substituents is 1. The highest BCUT2D eigenvalue weighted by Gasteiger charge is 2.43. The van der Waals surface area contributed by atoms with Crippen LogP contribution in [0.4, 0.5) is 5.69 Å². The van der Waals surface area contributed by atoms with Crippen LogP contribution < -0.4 is 4.74 Å². The molecule has 0 unspecified atom stereocenters. The van der Waals surface area contributed by atoms with Gasteiger partial charge in [0.25, 0.3) is 17.5 Å². The molecule has 0 N–H and O–H groups in total. The van der Waals surface area contributed by atoms with Gasteiger partial charge in [-0.15, -0.1) is 0 Å². The number of esters is 1. The van der Waals surface area contributed by atoms with Crippen LogP contribution in [0, 0.1) is 10.1 Å². The average Bonchev–Trinajstić information content (AvgIpc) is 2.94. The first kappa shape index (κ1) is 19.6.